The van der Waals surface area contributed by atoms with Crippen LogP contribution in [-0.4, -0.2) is 35.8 Å². The maximum absolute atomic E-state index is 11.5. The van der Waals surface area contributed by atoms with Crippen LogP contribution >= 0.6 is 0 Å². The Labute approximate surface area is 124 Å². The van der Waals surface area contributed by atoms with Gasteiger partial charge >= 0.3 is 0 Å². The van der Waals surface area contributed by atoms with Gasteiger partial charge in [0, 0.05) is 12.2 Å². The number of imidazole rings is 1. The van der Waals surface area contributed by atoms with Gasteiger partial charge in [-0.1, -0.05) is 0 Å². The van der Waals surface area contributed by atoms with Crippen molar-refractivity contribution in [2.75, 3.05) is 18.5 Å². The molecule has 0 saturated heterocycles. The zero-order valence-electron chi connectivity index (χ0n) is 12.8. The molecule has 0 radical (unpaired) electrons. The number of rotatable bonds is 5. The molecule has 8 heteroatoms. The van der Waals surface area contributed by atoms with Gasteiger partial charge in [0.15, 0.2) is 5.82 Å². The molecule has 7 nitrogen and oxygen atoms in total. The number of pyridine rings is 1. The van der Waals surface area contributed by atoms with Crippen molar-refractivity contribution in [2.24, 2.45) is 0 Å². The molecule has 0 unspecified atom stereocenters. The Bertz CT molecular complexity index is 780. The minimum Gasteiger partial charge on any atom is -0.382 e. The molecule has 21 heavy (non-hydrogen) atoms. The van der Waals surface area contributed by atoms with Crippen molar-refractivity contribution in [3.63, 3.8) is 0 Å². The van der Waals surface area contributed by atoms with Gasteiger partial charge in [0.05, 0.1) is 11.3 Å². The highest BCUT2D eigenvalue weighted by atomic mass is 32.2. The lowest BCUT2D eigenvalue weighted by Crippen LogP contribution is -2.22. The molecule has 0 atom stereocenters. The lowest BCUT2D eigenvalue weighted by Gasteiger charge is -2.10. The van der Waals surface area contributed by atoms with E-state index in [0.29, 0.717) is 24.3 Å². The molecule has 0 aliphatic carbocycles. The molecular weight excluding hydrogens is 290 g/mol. The maximum atomic E-state index is 11.5. The summed E-state index contributed by atoms with van der Waals surface area (Å²) in [7, 11) is -1.76. The zero-order chi connectivity index (χ0) is 15.8. The quantitative estimate of drug-likeness (QED) is 0.853. The van der Waals surface area contributed by atoms with Crippen LogP contribution in [0.2, 0.25) is 0 Å². The Morgan fingerprint density at radius 1 is 1.24 bits per heavy atom. The minimum absolute atomic E-state index is 0.0845. The summed E-state index contributed by atoms with van der Waals surface area (Å²) in [6.45, 7) is 6.35. The van der Waals surface area contributed by atoms with Crippen molar-refractivity contribution in [3.05, 3.63) is 17.1 Å². The second-order valence-corrected chi connectivity index (χ2v) is 7.14. The highest BCUT2D eigenvalue weighted by Crippen LogP contribution is 2.25. The minimum atomic E-state index is -3.19. The standard InChI is InChI=1S/C13H21N5O2S/c1-8-9(2)16-13(14)11-12(8)18(10(3)17-11)6-5-7-21(19,20)15-4/h15H,5-7H2,1-4H3,(H2,14,16). The van der Waals surface area contributed by atoms with Crippen LogP contribution in [0.15, 0.2) is 0 Å². The smallest absolute Gasteiger partial charge is 0.211 e. The van der Waals surface area contributed by atoms with Crippen LogP contribution in [0.5, 0.6) is 0 Å². The predicted octanol–water partition coefficient (Wildman–Crippen LogP) is 0.878. The van der Waals surface area contributed by atoms with Gasteiger partial charge in [-0.05, 0) is 39.8 Å². The lowest BCUT2D eigenvalue weighted by molar-refractivity contribution is 0.578. The van der Waals surface area contributed by atoms with E-state index in [4.69, 9.17) is 5.73 Å². The van der Waals surface area contributed by atoms with Crippen molar-refractivity contribution in [1.29, 1.82) is 0 Å². The van der Waals surface area contributed by atoms with Gasteiger partial charge in [-0.3, -0.25) is 0 Å². The van der Waals surface area contributed by atoms with E-state index in [0.717, 1.165) is 22.6 Å². The molecule has 0 fully saturated rings. The number of sulfonamides is 1. The Kier molecular flexibility index (Phi) is 4.20. The van der Waals surface area contributed by atoms with E-state index < -0.39 is 10.0 Å². The normalized spacial score (nSPS) is 12.2. The third kappa shape index (κ3) is 3.01. The second kappa shape index (κ2) is 5.61. The summed E-state index contributed by atoms with van der Waals surface area (Å²) in [5, 5.41) is 0. The van der Waals surface area contributed by atoms with E-state index in [1.54, 1.807) is 0 Å². The summed E-state index contributed by atoms with van der Waals surface area (Å²) in [6, 6.07) is 0. The van der Waals surface area contributed by atoms with Crippen LogP contribution in [0.3, 0.4) is 0 Å². The molecule has 0 amide bonds. The highest BCUT2D eigenvalue weighted by Gasteiger charge is 2.16. The van der Waals surface area contributed by atoms with Crippen LogP contribution < -0.4 is 10.5 Å². The topological polar surface area (TPSA) is 103 Å². The summed E-state index contributed by atoms with van der Waals surface area (Å²) in [4.78, 5) is 8.74. The average Bonchev–Trinajstić information content (AvgIpc) is 2.74. The summed E-state index contributed by atoms with van der Waals surface area (Å²) in [5.74, 6) is 1.31. The molecular formula is C13H21N5O2S. The Hall–Kier alpha value is -1.67. The molecule has 0 spiro atoms. The van der Waals surface area contributed by atoms with E-state index in [9.17, 15) is 8.42 Å². The van der Waals surface area contributed by atoms with Crippen molar-refractivity contribution in [3.8, 4) is 0 Å². The van der Waals surface area contributed by atoms with Gasteiger partial charge in [-0.15, -0.1) is 0 Å². The van der Waals surface area contributed by atoms with Crippen LogP contribution in [-0.2, 0) is 16.6 Å². The molecule has 2 heterocycles. The van der Waals surface area contributed by atoms with Gasteiger partial charge < -0.3 is 10.3 Å². The van der Waals surface area contributed by atoms with Gasteiger partial charge in [-0.25, -0.2) is 23.1 Å². The number of anilines is 1. The van der Waals surface area contributed by atoms with Crippen LogP contribution in [0.1, 0.15) is 23.5 Å². The molecule has 116 valence electrons. The molecule has 2 rings (SSSR count). The highest BCUT2D eigenvalue weighted by molar-refractivity contribution is 7.89. The van der Waals surface area contributed by atoms with E-state index >= 15 is 0 Å². The number of nitrogens with one attached hydrogen (secondary N) is 1. The first-order valence-corrected chi connectivity index (χ1v) is 8.42. The van der Waals surface area contributed by atoms with Crippen LogP contribution in [0.25, 0.3) is 11.0 Å². The Balaban J connectivity index is 2.38. The number of hydrogen-bond acceptors (Lipinski definition) is 5. The zero-order valence-corrected chi connectivity index (χ0v) is 13.6. The SMILES string of the molecule is CNS(=O)(=O)CCCn1c(C)nc2c(N)nc(C)c(C)c21. The molecule has 3 N–H and O–H groups in total. The molecule has 2 aromatic heterocycles. The first kappa shape index (κ1) is 15.7. The number of fused-ring (bicyclic) bond motifs is 1. The van der Waals surface area contributed by atoms with Crippen LogP contribution in [0.4, 0.5) is 5.82 Å². The Morgan fingerprint density at radius 2 is 1.90 bits per heavy atom. The van der Waals surface area contributed by atoms with E-state index in [1.165, 1.54) is 7.05 Å². The molecule has 0 bridgehead atoms. The van der Waals surface area contributed by atoms with Gasteiger partial charge in [-0.2, -0.15) is 0 Å². The van der Waals surface area contributed by atoms with E-state index in [1.807, 2.05) is 25.3 Å². The van der Waals surface area contributed by atoms with Gasteiger partial charge in [0.25, 0.3) is 0 Å². The number of aryl methyl sites for hydroxylation is 4. The van der Waals surface area contributed by atoms with E-state index in [-0.39, 0.29) is 5.75 Å². The molecule has 0 saturated carbocycles. The number of nitrogens with zero attached hydrogens (tertiary/aromatic N) is 3. The van der Waals surface area contributed by atoms with Crippen molar-refractivity contribution in [1.82, 2.24) is 19.3 Å². The largest absolute Gasteiger partial charge is 0.382 e. The van der Waals surface area contributed by atoms with Gasteiger partial charge in [0.1, 0.15) is 11.3 Å². The Morgan fingerprint density at radius 3 is 2.52 bits per heavy atom. The predicted molar refractivity (Wildman–Crippen MR) is 83.6 cm³/mol. The lowest BCUT2D eigenvalue weighted by atomic mass is 10.2. The first-order valence-electron chi connectivity index (χ1n) is 6.77. The molecule has 0 aliphatic rings. The summed E-state index contributed by atoms with van der Waals surface area (Å²) in [6.07, 6.45) is 0.510. The average molecular weight is 311 g/mol. The number of aromatic nitrogens is 3. The fraction of sp³-hybridized carbons (Fsp3) is 0.538. The van der Waals surface area contributed by atoms with Gasteiger partial charge in [0.2, 0.25) is 10.0 Å². The molecule has 2 aromatic rings. The van der Waals surface area contributed by atoms with E-state index in [2.05, 4.69) is 14.7 Å². The molecule has 0 aromatic carbocycles. The molecule has 0 aliphatic heterocycles. The first-order chi connectivity index (χ1) is 9.76. The maximum Gasteiger partial charge on any atom is 0.211 e. The third-order valence-corrected chi connectivity index (χ3v) is 5.14. The number of nitrogen functional groups attached to an aromatic ring is 1. The van der Waals surface area contributed by atoms with Crippen molar-refractivity contribution < 1.29 is 8.42 Å². The second-order valence-electron chi connectivity index (χ2n) is 5.09. The van der Waals surface area contributed by atoms with Crippen molar-refractivity contribution >= 4 is 26.9 Å². The third-order valence-electron chi connectivity index (χ3n) is 3.69. The summed E-state index contributed by atoms with van der Waals surface area (Å²) < 4.78 is 27.3. The van der Waals surface area contributed by atoms with Crippen LogP contribution in [0, 0.1) is 20.8 Å². The summed E-state index contributed by atoms with van der Waals surface area (Å²) >= 11 is 0. The monoisotopic (exact) mass is 311 g/mol. The van der Waals surface area contributed by atoms with Crippen molar-refractivity contribution in [2.45, 2.75) is 33.7 Å². The fourth-order valence-electron chi connectivity index (χ4n) is 2.40. The fourth-order valence-corrected chi connectivity index (χ4v) is 3.11. The summed E-state index contributed by atoms with van der Waals surface area (Å²) in [5.41, 5.74) is 9.45. The number of hydrogen-bond donors (Lipinski definition) is 2. The number of nitrogens with two attached hydrogens (primary N) is 1.